The molecule has 2 atom stereocenters. The summed E-state index contributed by atoms with van der Waals surface area (Å²) in [6, 6.07) is 6.70. The molecule has 0 saturated heterocycles. The number of ether oxygens (including phenoxy) is 2. The molecule has 1 aromatic carbocycles. The predicted molar refractivity (Wildman–Crippen MR) is 86.2 cm³/mol. The number of halogens is 1. The molecule has 2 unspecified atom stereocenters. The summed E-state index contributed by atoms with van der Waals surface area (Å²) >= 11 is 3.52. The summed E-state index contributed by atoms with van der Waals surface area (Å²) in [6.45, 7) is 3.56. The average Bonchev–Trinajstić information content (AvgIpc) is 2.44. The molecule has 0 saturated carbocycles. The third kappa shape index (κ3) is 5.40. The second kappa shape index (κ2) is 9.34. The first kappa shape index (κ1) is 17.4. The highest BCUT2D eigenvalue weighted by atomic mass is 79.9. The topological polar surface area (TPSA) is 56.5 Å². The molecule has 4 nitrogen and oxygen atoms in total. The van der Waals surface area contributed by atoms with Gasteiger partial charge in [-0.3, -0.25) is 0 Å². The number of hydrogen-bond acceptors (Lipinski definition) is 4. The van der Waals surface area contributed by atoms with E-state index in [1.54, 1.807) is 14.2 Å². The van der Waals surface area contributed by atoms with E-state index in [9.17, 15) is 0 Å². The second-order valence-electron chi connectivity index (χ2n) is 4.87. The van der Waals surface area contributed by atoms with Gasteiger partial charge in [-0.1, -0.05) is 6.07 Å². The standard InChI is InChI=1S/C15H25BrN2O2/c1-11(18-13(10-19-2)5-4-8-17)12-6-7-15(20-3)14(16)9-12/h6-7,9,11,13,18H,4-5,8,10,17H2,1-3H3. The minimum absolute atomic E-state index is 0.245. The Kier molecular flexibility index (Phi) is 8.14. The summed E-state index contributed by atoms with van der Waals surface area (Å²) in [4.78, 5) is 0. The number of nitrogens with two attached hydrogens (primary N) is 1. The van der Waals surface area contributed by atoms with Crippen molar-refractivity contribution in [1.29, 1.82) is 0 Å². The Morgan fingerprint density at radius 1 is 1.35 bits per heavy atom. The Morgan fingerprint density at radius 3 is 2.65 bits per heavy atom. The van der Waals surface area contributed by atoms with Gasteiger partial charge in [0.2, 0.25) is 0 Å². The summed E-state index contributed by atoms with van der Waals surface area (Å²) in [6.07, 6.45) is 2.02. The normalized spacial score (nSPS) is 14.1. The van der Waals surface area contributed by atoms with Crippen LogP contribution >= 0.6 is 15.9 Å². The van der Waals surface area contributed by atoms with Gasteiger partial charge in [0.15, 0.2) is 0 Å². The van der Waals surface area contributed by atoms with Crippen LogP contribution in [0.4, 0.5) is 0 Å². The Hall–Kier alpha value is -0.620. The second-order valence-corrected chi connectivity index (χ2v) is 5.72. The van der Waals surface area contributed by atoms with Crippen LogP contribution in [0.3, 0.4) is 0 Å². The Morgan fingerprint density at radius 2 is 2.10 bits per heavy atom. The van der Waals surface area contributed by atoms with Gasteiger partial charge in [0.1, 0.15) is 5.75 Å². The number of hydrogen-bond donors (Lipinski definition) is 2. The first-order valence-corrected chi connectivity index (χ1v) is 7.70. The molecule has 1 rings (SSSR count). The van der Waals surface area contributed by atoms with E-state index in [-0.39, 0.29) is 6.04 Å². The molecule has 0 aliphatic heterocycles. The molecule has 0 spiro atoms. The Bertz CT molecular complexity index is 401. The summed E-state index contributed by atoms with van der Waals surface area (Å²) in [5.41, 5.74) is 6.79. The first-order chi connectivity index (χ1) is 9.62. The van der Waals surface area contributed by atoms with Crippen molar-refractivity contribution in [2.75, 3.05) is 27.4 Å². The van der Waals surface area contributed by atoms with E-state index >= 15 is 0 Å². The zero-order valence-electron chi connectivity index (χ0n) is 12.5. The van der Waals surface area contributed by atoms with Gasteiger partial charge in [-0.15, -0.1) is 0 Å². The SMILES string of the molecule is COCC(CCCN)NC(C)c1ccc(OC)c(Br)c1. The van der Waals surface area contributed by atoms with Crippen molar-refractivity contribution in [1.82, 2.24) is 5.32 Å². The van der Waals surface area contributed by atoms with Gasteiger partial charge in [-0.2, -0.15) is 0 Å². The van der Waals surface area contributed by atoms with Gasteiger partial charge in [-0.05, 0) is 59.9 Å². The lowest BCUT2D eigenvalue weighted by Crippen LogP contribution is -2.35. The average molecular weight is 345 g/mol. The quantitative estimate of drug-likeness (QED) is 0.723. The molecule has 20 heavy (non-hydrogen) atoms. The van der Waals surface area contributed by atoms with Crippen LogP contribution in [0.5, 0.6) is 5.75 Å². The molecule has 0 bridgehead atoms. The predicted octanol–water partition coefficient (Wildman–Crippen LogP) is 2.86. The molecule has 0 radical (unpaired) electrons. The molecule has 3 N–H and O–H groups in total. The smallest absolute Gasteiger partial charge is 0.133 e. The lowest BCUT2D eigenvalue weighted by atomic mass is 10.1. The van der Waals surface area contributed by atoms with Gasteiger partial charge in [0.25, 0.3) is 0 Å². The van der Waals surface area contributed by atoms with Crippen LogP contribution in [-0.4, -0.2) is 33.4 Å². The molecular formula is C15H25BrN2O2. The van der Waals surface area contributed by atoms with Gasteiger partial charge < -0.3 is 20.5 Å². The van der Waals surface area contributed by atoms with Crippen molar-refractivity contribution < 1.29 is 9.47 Å². The van der Waals surface area contributed by atoms with Crippen LogP contribution in [0.15, 0.2) is 22.7 Å². The van der Waals surface area contributed by atoms with E-state index in [0.717, 1.165) is 23.1 Å². The zero-order chi connectivity index (χ0) is 15.0. The van der Waals surface area contributed by atoms with Gasteiger partial charge >= 0.3 is 0 Å². The third-order valence-corrected chi connectivity index (χ3v) is 3.91. The molecule has 1 aromatic rings. The molecule has 0 fully saturated rings. The molecule has 0 aromatic heterocycles. The third-order valence-electron chi connectivity index (χ3n) is 3.29. The summed E-state index contributed by atoms with van der Waals surface area (Å²) < 4.78 is 11.5. The van der Waals surface area contributed by atoms with E-state index in [0.29, 0.717) is 19.2 Å². The fourth-order valence-corrected chi connectivity index (χ4v) is 2.74. The van der Waals surface area contributed by atoms with E-state index in [4.69, 9.17) is 15.2 Å². The van der Waals surface area contributed by atoms with Crippen molar-refractivity contribution in [3.8, 4) is 5.75 Å². The summed E-state index contributed by atoms with van der Waals surface area (Å²) in [5, 5.41) is 3.59. The first-order valence-electron chi connectivity index (χ1n) is 6.90. The van der Waals surface area contributed by atoms with Gasteiger partial charge in [0.05, 0.1) is 18.2 Å². The maximum atomic E-state index is 5.58. The number of methoxy groups -OCH3 is 2. The van der Waals surface area contributed by atoms with Crippen molar-refractivity contribution in [3.05, 3.63) is 28.2 Å². The van der Waals surface area contributed by atoms with Crippen molar-refractivity contribution >= 4 is 15.9 Å². The maximum Gasteiger partial charge on any atom is 0.133 e. The fraction of sp³-hybridized carbons (Fsp3) is 0.600. The minimum Gasteiger partial charge on any atom is -0.496 e. The molecule has 0 amide bonds. The molecular weight excluding hydrogens is 320 g/mol. The summed E-state index contributed by atoms with van der Waals surface area (Å²) in [5.74, 6) is 0.845. The van der Waals surface area contributed by atoms with Crippen molar-refractivity contribution in [2.45, 2.75) is 31.8 Å². The van der Waals surface area contributed by atoms with Crippen LogP contribution in [0.25, 0.3) is 0 Å². The van der Waals surface area contributed by atoms with Crippen molar-refractivity contribution in [3.63, 3.8) is 0 Å². The summed E-state index contributed by atoms with van der Waals surface area (Å²) in [7, 11) is 3.40. The Balaban J connectivity index is 2.67. The van der Waals surface area contributed by atoms with E-state index in [1.807, 2.05) is 6.07 Å². The lowest BCUT2D eigenvalue weighted by Gasteiger charge is -2.23. The molecule has 0 aliphatic carbocycles. The highest BCUT2D eigenvalue weighted by Crippen LogP contribution is 2.28. The van der Waals surface area contributed by atoms with Crippen LogP contribution in [0, 0.1) is 0 Å². The number of benzene rings is 1. The largest absolute Gasteiger partial charge is 0.496 e. The van der Waals surface area contributed by atoms with Gasteiger partial charge in [0, 0.05) is 19.2 Å². The Labute approximate surface area is 130 Å². The van der Waals surface area contributed by atoms with Crippen LogP contribution in [0.1, 0.15) is 31.4 Å². The van der Waals surface area contributed by atoms with E-state index in [1.165, 1.54) is 5.56 Å². The van der Waals surface area contributed by atoms with Crippen LogP contribution < -0.4 is 15.8 Å². The van der Waals surface area contributed by atoms with E-state index in [2.05, 4.69) is 40.3 Å². The molecule has 0 heterocycles. The molecule has 0 aliphatic rings. The number of rotatable bonds is 9. The van der Waals surface area contributed by atoms with E-state index < -0.39 is 0 Å². The monoisotopic (exact) mass is 344 g/mol. The van der Waals surface area contributed by atoms with Crippen LogP contribution in [0.2, 0.25) is 0 Å². The highest BCUT2D eigenvalue weighted by Gasteiger charge is 2.14. The van der Waals surface area contributed by atoms with Crippen LogP contribution in [-0.2, 0) is 4.74 Å². The fourth-order valence-electron chi connectivity index (χ4n) is 2.18. The van der Waals surface area contributed by atoms with Gasteiger partial charge in [-0.25, -0.2) is 0 Å². The molecule has 114 valence electrons. The maximum absolute atomic E-state index is 5.58. The zero-order valence-corrected chi connectivity index (χ0v) is 14.1. The van der Waals surface area contributed by atoms with Crippen molar-refractivity contribution in [2.24, 2.45) is 5.73 Å². The molecule has 5 heteroatoms. The minimum atomic E-state index is 0.245. The number of nitrogens with one attached hydrogen (secondary N) is 1. The highest BCUT2D eigenvalue weighted by molar-refractivity contribution is 9.10. The lowest BCUT2D eigenvalue weighted by molar-refractivity contribution is 0.156.